The first-order valence-corrected chi connectivity index (χ1v) is 12.1. The van der Waals surface area contributed by atoms with Crippen molar-refractivity contribution < 1.29 is 14.5 Å². The van der Waals surface area contributed by atoms with E-state index in [0.717, 1.165) is 42.5 Å². The van der Waals surface area contributed by atoms with Gasteiger partial charge in [0, 0.05) is 35.4 Å². The Hall–Kier alpha value is -2.76. The van der Waals surface area contributed by atoms with Crippen LogP contribution >= 0.6 is 23.1 Å². The largest absolute Gasteiger partial charge is 0.376 e. The van der Waals surface area contributed by atoms with Crippen LogP contribution in [0.2, 0.25) is 0 Å². The number of rotatable bonds is 8. The average molecular weight is 474 g/mol. The molecule has 1 aromatic carbocycles. The molecular formula is C21H23N5O4S2. The lowest BCUT2D eigenvalue weighted by Crippen LogP contribution is -2.18. The van der Waals surface area contributed by atoms with Crippen molar-refractivity contribution in [3.63, 3.8) is 0 Å². The van der Waals surface area contributed by atoms with E-state index >= 15 is 0 Å². The summed E-state index contributed by atoms with van der Waals surface area (Å²) in [6, 6.07) is 6.27. The van der Waals surface area contributed by atoms with E-state index in [2.05, 4.69) is 19.9 Å². The van der Waals surface area contributed by atoms with Crippen molar-refractivity contribution in [3.8, 4) is 11.3 Å². The number of benzene rings is 1. The van der Waals surface area contributed by atoms with Crippen LogP contribution in [0.4, 0.5) is 10.8 Å². The van der Waals surface area contributed by atoms with Gasteiger partial charge < -0.3 is 14.6 Å². The zero-order valence-corrected chi connectivity index (χ0v) is 19.4. The zero-order chi connectivity index (χ0) is 22.7. The third kappa shape index (κ3) is 5.17. The van der Waals surface area contributed by atoms with Crippen LogP contribution in [-0.4, -0.2) is 43.8 Å². The van der Waals surface area contributed by atoms with E-state index in [0.29, 0.717) is 16.4 Å². The van der Waals surface area contributed by atoms with Crippen molar-refractivity contribution >= 4 is 39.8 Å². The highest BCUT2D eigenvalue weighted by Gasteiger charge is 2.21. The number of ether oxygens (including phenoxy) is 1. The number of hydrogen-bond donors (Lipinski definition) is 1. The van der Waals surface area contributed by atoms with Gasteiger partial charge in [0.05, 0.1) is 34.7 Å². The van der Waals surface area contributed by atoms with Crippen molar-refractivity contribution in [1.82, 2.24) is 14.5 Å². The van der Waals surface area contributed by atoms with Gasteiger partial charge in [0.15, 0.2) is 10.3 Å². The topological polar surface area (TPSA) is 112 Å². The molecule has 1 amide bonds. The van der Waals surface area contributed by atoms with Gasteiger partial charge >= 0.3 is 0 Å². The maximum Gasteiger partial charge on any atom is 0.270 e. The molecule has 1 saturated heterocycles. The molecule has 2 aromatic heterocycles. The van der Waals surface area contributed by atoms with Crippen molar-refractivity contribution in [3.05, 3.63) is 51.1 Å². The molecule has 1 aliphatic rings. The summed E-state index contributed by atoms with van der Waals surface area (Å²) in [5, 5.41) is 16.8. The molecule has 11 heteroatoms. The standard InChI is InChI=1S/C21H23N5O4S2/c1-13-14(2)25(10-17-7-4-8-30-17)21(22-13)32-12-19(27)24-20-23-18(11-31-20)15-5-3-6-16(9-15)26(28)29/h3,5-6,9,11,17H,4,7-8,10,12H2,1-2H3,(H,23,24,27). The number of nitrogens with one attached hydrogen (secondary N) is 1. The van der Waals surface area contributed by atoms with Crippen LogP contribution in [0, 0.1) is 24.0 Å². The minimum Gasteiger partial charge on any atom is -0.376 e. The number of aryl methyl sites for hydroxylation is 1. The van der Waals surface area contributed by atoms with E-state index in [1.807, 2.05) is 13.8 Å². The molecule has 0 aliphatic carbocycles. The number of carbonyl (C=O) groups excluding carboxylic acids is 1. The number of hydrogen-bond acceptors (Lipinski definition) is 8. The number of imidazole rings is 1. The lowest BCUT2D eigenvalue weighted by Gasteiger charge is -2.14. The quantitative estimate of drug-likeness (QED) is 0.292. The number of amides is 1. The lowest BCUT2D eigenvalue weighted by atomic mass is 10.1. The molecule has 1 atom stereocenters. The summed E-state index contributed by atoms with van der Waals surface area (Å²) in [7, 11) is 0. The number of aromatic nitrogens is 3. The smallest absolute Gasteiger partial charge is 0.270 e. The Labute approximate surface area is 193 Å². The van der Waals surface area contributed by atoms with Gasteiger partial charge in [0.2, 0.25) is 5.91 Å². The van der Waals surface area contributed by atoms with E-state index in [4.69, 9.17) is 4.74 Å². The van der Waals surface area contributed by atoms with Gasteiger partial charge in [-0.25, -0.2) is 9.97 Å². The second-order valence-electron chi connectivity index (χ2n) is 7.49. The Morgan fingerprint density at radius 2 is 2.25 bits per heavy atom. The average Bonchev–Trinajstić information content (AvgIpc) is 3.51. The number of nitro groups is 1. The molecule has 3 aromatic rings. The highest BCUT2D eigenvalue weighted by atomic mass is 32.2. The van der Waals surface area contributed by atoms with Crippen molar-refractivity contribution in [1.29, 1.82) is 0 Å². The van der Waals surface area contributed by atoms with Crippen LogP contribution in [0.5, 0.6) is 0 Å². The molecule has 1 aliphatic heterocycles. The molecule has 4 rings (SSSR count). The fourth-order valence-electron chi connectivity index (χ4n) is 3.47. The fourth-order valence-corrected chi connectivity index (χ4v) is 5.11. The van der Waals surface area contributed by atoms with E-state index in [1.165, 1.54) is 35.2 Å². The molecule has 3 heterocycles. The predicted octanol–water partition coefficient (Wildman–Crippen LogP) is 4.44. The first-order valence-electron chi connectivity index (χ1n) is 10.2. The summed E-state index contributed by atoms with van der Waals surface area (Å²) in [6.45, 7) is 5.55. The third-order valence-electron chi connectivity index (χ3n) is 5.27. The van der Waals surface area contributed by atoms with Gasteiger partial charge in [-0.05, 0) is 26.7 Å². The Balaban J connectivity index is 1.37. The Bertz CT molecular complexity index is 1140. The van der Waals surface area contributed by atoms with Gasteiger partial charge in [0.25, 0.3) is 5.69 Å². The highest BCUT2D eigenvalue weighted by Crippen LogP contribution is 2.28. The first-order chi connectivity index (χ1) is 15.4. The number of nitrogens with zero attached hydrogens (tertiary/aromatic N) is 4. The van der Waals surface area contributed by atoms with Crippen LogP contribution in [0.1, 0.15) is 24.2 Å². The van der Waals surface area contributed by atoms with Crippen LogP contribution in [0.3, 0.4) is 0 Å². The number of thioether (sulfide) groups is 1. The normalized spacial score (nSPS) is 15.8. The Morgan fingerprint density at radius 3 is 3.00 bits per heavy atom. The summed E-state index contributed by atoms with van der Waals surface area (Å²) < 4.78 is 7.89. The van der Waals surface area contributed by atoms with E-state index in [9.17, 15) is 14.9 Å². The maximum atomic E-state index is 12.5. The van der Waals surface area contributed by atoms with Crippen LogP contribution < -0.4 is 5.32 Å². The molecule has 32 heavy (non-hydrogen) atoms. The molecule has 0 bridgehead atoms. The SMILES string of the molecule is Cc1nc(SCC(=O)Nc2nc(-c3cccc([N+](=O)[O-])c3)cs2)n(CC2CCCO2)c1C. The fraction of sp³-hybridized carbons (Fsp3) is 0.381. The number of nitro benzene ring substituents is 1. The highest BCUT2D eigenvalue weighted by molar-refractivity contribution is 7.99. The number of carbonyl (C=O) groups is 1. The zero-order valence-electron chi connectivity index (χ0n) is 17.7. The Morgan fingerprint density at radius 1 is 1.41 bits per heavy atom. The summed E-state index contributed by atoms with van der Waals surface area (Å²) >= 11 is 2.67. The predicted molar refractivity (Wildman–Crippen MR) is 124 cm³/mol. The van der Waals surface area contributed by atoms with Crippen molar-refractivity contribution in [2.75, 3.05) is 17.7 Å². The van der Waals surface area contributed by atoms with E-state index in [-0.39, 0.29) is 23.5 Å². The summed E-state index contributed by atoms with van der Waals surface area (Å²) in [5.74, 6) is 0.0181. The number of non-ortho nitro benzene ring substituents is 1. The first kappa shape index (κ1) is 22.4. The summed E-state index contributed by atoms with van der Waals surface area (Å²) in [5.41, 5.74) is 3.26. The molecular weight excluding hydrogens is 450 g/mol. The molecule has 0 radical (unpaired) electrons. The minimum absolute atomic E-state index is 0.00146. The van der Waals surface area contributed by atoms with Gasteiger partial charge in [-0.3, -0.25) is 14.9 Å². The molecule has 0 saturated carbocycles. The van der Waals surface area contributed by atoms with Crippen molar-refractivity contribution in [2.24, 2.45) is 0 Å². The van der Waals surface area contributed by atoms with E-state index < -0.39 is 4.92 Å². The molecule has 1 fully saturated rings. The second-order valence-corrected chi connectivity index (χ2v) is 9.29. The van der Waals surface area contributed by atoms with Crippen molar-refractivity contribution in [2.45, 2.75) is 44.5 Å². The van der Waals surface area contributed by atoms with Crippen LogP contribution in [0.15, 0.2) is 34.8 Å². The van der Waals surface area contributed by atoms with Gasteiger partial charge in [-0.2, -0.15) is 0 Å². The lowest BCUT2D eigenvalue weighted by molar-refractivity contribution is -0.384. The second kappa shape index (κ2) is 9.80. The Kier molecular flexibility index (Phi) is 6.87. The molecule has 9 nitrogen and oxygen atoms in total. The van der Waals surface area contributed by atoms with Crippen LogP contribution in [0.25, 0.3) is 11.3 Å². The minimum atomic E-state index is -0.443. The maximum absolute atomic E-state index is 12.5. The van der Waals surface area contributed by atoms with Gasteiger partial charge in [0.1, 0.15) is 0 Å². The molecule has 0 spiro atoms. The third-order valence-corrected chi connectivity index (χ3v) is 7.00. The molecule has 168 valence electrons. The molecule has 1 unspecified atom stereocenters. The number of thiazole rings is 1. The molecule has 1 N–H and O–H groups in total. The summed E-state index contributed by atoms with van der Waals surface area (Å²) in [6.07, 6.45) is 2.31. The van der Waals surface area contributed by atoms with Gasteiger partial charge in [-0.1, -0.05) is 23.9 Å². The van der Waals surface area contributed by atoms with E-state index in [1.54, 1.807) is 17.5 Å². The van der Waals surface area contributed by atoms with Gasteiger partial charge in [-0.15, -0.1) is 11.3 Å². The van der Waals surface area contributed by atoms with Crippen LogP contribution in [-0.2, 0) is 16.1 Å². The monoisotopic (exact) mass is 473 g/mol. The summed E-state index contributed by atoms with van der Waals surface area (Å²) in [4.78, 5) is 32.1. The number of anilines is 1.